The first-order valence-corrected chi connectivity index (χ1v) is 8.41. The fraction of sp³-hybridized carbons (Fsp3) is 0.250. The number of aliphatic carboxylic acids is 1. The molecule has 1 atom stereocenters. The van der Waals surface area contributed by atoms with Gasteiger partial charge in [-0.2, -0.15) is 0 Å². The molecule has 0 aliphatic heterocycles. The molecular formula is C20H24MgO10. The van der Waals surface area contributed by atoms with Crippen LogP contribution in [0, 0.1) is 5.92 Å². The molecule has 166 valence electrons. The van der Waals surface area contributed by atoms with Gasteiger partial charge in [-0.15, -0.1) is 0 Å². The van der Waals surface area contributed by atoms with Crippen molar-refractivity contribution in [3.63, 3.8) is 0 Å². The van der Waals surface area contributed by atoms with Gasteiger partial charge in [0, 0.05) is 11.6 Å². The summed E-state index contributed by atoms with van der Waals surface area (Å²) in [6.07, 6.45) is 0.999. The van der Waals surface area contributed by atoms with E-state index in [0.29, 0.717) is 0 Å². The normalized spacial score (nSPS) is 10.1. The molecule has 0 saturated heterocycles. The van der Waals surface area contributed by atoms with Gasteiger partial charge in [0.2, 0.25) is 0 Å². The van der Waals surface area contributed by atoms with Crippen molar-refractivity contribution in [3.8, 4) is 0 Å². The van der Waals surface area contributed by atoms with Crippen LogP contribution in [0.15, 0.2) is 49.1 Å². The largest absolute Gasteiger partial charge is 0.481 e. The van der Waals surface area contributed by atoms with Gasteiger partial charge >= 0.3 is 52.9 Å². The van der Waals surface area contributed by atoms with Crippen LogP contribution in [-0.2, 0) is 23.9 Å². The molecule has 0 saturated carbocycles. The first-order chi connectivity index (χ1) is 14.0. The molecule has 11 heteroatoms. The third-order valence-electron chi connectivity index (χ3n) is 3.38. The Morgan fingerprint density at radius 3 is 1.84 bits per heavy atom. The summed E-state index contributed by atoms with van der Waals surface area (Å²) in [5, 5.41) is 26.0. The first kappa shape index (κ1) is 30.0. The first-order valence-electron chi connectivity index (χ1n) is 8.41. The highest BCUT2D eigenvalue weighted by molar-refractivity contribution is 6.01. The van der Waals surface area contributed by atoms with Crippen LogP contribution < -0.4 is 0 Å². The number of benzene rings is 1. The highest BCUT2D eigenvalue weighted by Crippen LogP contribution is 2.08. The zero-order chi connectivity index (χ0) is 23.3. The number of carboxylic acid groups (broad SMARTS) is 3. The van der Waals surface area contributed by atoms with Crippen LogP contribution in [0.4, 0.5) is 0 Å². The van der Waals surface area contributed by atoms with E-state index in [9.17, 15) is 24.0 Å². The SMILES string of the molecule is C=CC(=O)OCC(CCOC(=O)C(=C)C)C(=O)O.O=C(O)c1ccccc1C(=O)O.[MgH2]. The van der Waals surface area contributed by atoms with Crippen molar-refractivity contribution in [1.29, 1.82) is 0 Å². The summed E-state index contributed by atoms with van der Waals surface area (Å²) in [6.45, 7) is 7.70. The van der Waals surface area contributed by atoms with Gasteiger partial charge in [-0.1, -0.05) is 25.3 Å². The van der Waals surface area contributed by atoms with Gasteiger partial charge in [0.1, 0.15) is 6.61 Å². The molecule has 0 bridgehead atoms. The number of hydrogen-bond acceptors (Lipinski definition) is 7. The number of ether oxygens (including phenoxy) is 2. The fourth-order valence-corrected chi connectivity index (χ4v) is 1.79. The van der Waals surface area contributed by atoms with E-state index in [1.54, 1.807) is 0 Å². The summed E-state index contributed by atoms with van der Waals surface area (Å²) in [5.74, 6) is -5.78. The summed E-state index contributed by atoms with van der Waals surface area (Å²) >= 11 is 0. The van der Waals surface area contributed by atoms with Gasteiger partial charge < -0.3 is 24.8 Å². The Morgan fingerprint density at radius 1 is 1.00 bits per heavy atom. The maximum absolute atomic E-state index is 11.0. The van der Waals surface area contributed by atoms with Crippen LogP contribution in [0.5, 0.6) is 0 Å². The van der Waals surface area contributed by atoms with E-state index in [2.05, 4.69) is 17.9 Å². The number of carbonyl (C=O) groups excluding carboxylic acids is 2. The van der Waals surface area contributed by atoms with Crippen LogP contribution in [0.1, 0.15) is 34.1 Å². The minimum atomic E-state index is -1.23. The van der Waals surface area contributed by atoms with Gasteiger partial charge in [0.15, 0.2) is 0 Å². The third-order valence-corrected chi connectivity index (χ3v) is 3.38. The number of aromatic carboxylic acids is 2. The van der Waals surface area contributed by atoms with E-state index in [0.717, 1.165) is 6.08 Å². The van der Waals surface area contributed by atoms with E-state index in [4.69, 9.17) is 20.1 Å². The van der Waals surface area contributed by atoms with Crippen molar-refractivity contribution in [1.82, 2.24) is 0 Å². The van der Waals surface area contributed by atoms with Crippen LogP contribution in [0.2, 0.25) is 0 Å². The number of carboxylic acids is 3. The van der Waals surface area contributed by atoms with Crippen molar-refractivity contribution in [2.75, 3.05) is 13.2 Å². The van der Waals surface area contributed by atoms with Crippen molar-refractivity contribution in [2.45, 2.75) is 13.3 Å². The molecule has 1 aromatic carbocycles. The maximum Gasteiger partial charge on any atom is 0.336 e. The molecule has 0 aliphatic rings. The molecule has 10 nitrogen and oxygen atoms in total. The predicted octanol–water partition coefficient (Wildman–Crippen LogP) is 1.09. The van der Waals surface area contributed by atoms with Gasteiger partial charge in [-0.25, -0.2) is 19.2 Å². The average Bonchev–Trinajstić information content (AvgIpc) is 2.69. The molecule has 0 amide bonds. The Hall–Kier alpha value is -3.18. The van der Waals surface area contributed by atoms with Crippen LogP contribution >= 0.6 is 0 Å². The van der Waals surface area contributed by atoms with Crippen LogP contribution in [0.25, 0.3) is 0 Å². The van der Waals surface area contributed by atoms with Crippen LogP contribution in [0.3, 0.4) is 0 Å². The molecule has 0 fully saturated rings. The Morgan fingerprint density at radius 2 is 1.48 bits per heavy atom. The molecule has 0 heterocycles. The summed E-state index contributed by atoms with van der Waals surface area (Å²) in [6, 6.07) is 5.48. The maximum atomic E-state index is 11.0. The Kier molecular flexibility index (Phi) is 15.1. The lowest BCUT2D eigenvalue weighted by molar-refractivity contribution is -0.151. The third kappa shape index (κ3) is 12.2. The second kappa shape index (κ2) is 15.6. The predicted molar refractivity (Wildman–Crippen MR) is 112 cm³/mol. The zero-order valence-corrected chi connectivity index (χ0v) is 16.2. The molecule has 0 aliphatic carbocycles. The van der Waals surface area contributed by atoms with E-state index in [-0.39, 0.29) is 59.4 Å². The van der Waals surface area contributed by atoms with E-state index >= 15 is 0 Å². The van der Waals surface area contributed by atoms with Gasteiger partial charge in [-0.05, 0) is 25.5 Å². The Balaban J connectivity index is 0. The zero-order valence-electron chi connectivity index (χ0n) is 16.2. The lowest BCUT2D eigenvalue weighted by atomic mass is 10.1. The second-order valence-electron chi connectivity index (χ2n) is 5.73. The standard InChI is InChI=1S/C12H16O6.C8H6O4.Mg.2H/c1-4-10(13)18-7-9(11(14)15)5-6-17-12(16)8(2)3;9-7(10)5-3-1-2-4-6(5)8(11)12;;;/h4,9H,1-2,5-7H2,3H3,(H,14,15);1-4H,(H,9,10)(H,11,12);;;. The summed E-state index contributed by atoms with van der Waals surface area (Å²) in [5.41, 5.74) is -0.144. The van der Waals surface area contributed by atoms with Crippen molar-refractivity contribution >= 4 is 52.9 Å². The monoisotopic (exact) mass is 448 g/mol. The Bertz CT molecular complexity index is 798. The molecule has 0 aromatic heterocycles. The molecular weight excluding hydrogens is 425 g/mol. The molecule has 1 rings (SSSR count). The molecule has 1 aromatic rings. The highest BCUT2D eigenvalue weighted by atomic mass is 24.3. The van der Waals surface area contributed by atoms with Gasteiger partial charge in [0.25, 0.3) is 0 Å². The van der Waals surface area contributed by atoms with Gasteiger partial charge in [-0.3, -0.25) is 4.79 Å². The summed E-state index contributed by atoms with van der Waals surface area (Å²) < 4.78 is 9.38. The molecule has 31 heavy (non-hydrogen) atoms. The minimum Gasteiger partial charge on any atom is -0.481 e. The quantitative estimate of drug-likeness (QED) is 0.268. The molecule has 0 radical (unpaired) electrons. The van der Waals surface area contributed by atoms with E-state index in [1.807, 2.05) is 0 Å². The number of rotatable bonds is 10. The Labute approximate surface area is 194 Å². The molecule has 3 N–H and O–H groups in total. The van der Waals surface area contributed by atoms with Gasteiger partial charge in [0.05, 0.1) is 23.7 Å². The smallest absolute Gasteiger partial charge is 0.336 e. The highest BCUT2D eigenvalue weighted by Gasteiger charge is 2.20. The topological polar surface area (TPSA) is 164 Å². The van der Waals surface area contributed by atoms with Crippen molar-refractivity contribution < 1.29 is 48.8 Å². The number of hydrogen-bond donors (Lipinski definition) is 3. The summed E-state index contributed by atoms with van der Waals surface area (Å²) in [4.78, 5) is 53.6. The number of carbonyl (C=O) groups is 5. The molecule has 1 unspecified atom stereocenters. The summed E-state index contributed by atoms with van der Waals surface area (Å²) in [7, 11) is 0. The van der Waals surface area contributed by atoms with Crippen molar-refractivity contribution in [3.05, 3.63) is 60.2 Å². The second-order valence-corrected chi connectivity index (χ2v) is 5.73. The minimum absolute atomic E-state index is 0. The lowest BCUT2D eigenvalue weighted by Crippen LogP contribution is -2.23. The fourth-order valence-electron chi connectivity index (χ4n) is 1.79. The average molecular weight is 449 g/mol. The number of esters is 2. The van der Waals surface area contributed by atoms with E-state index in [1.165, 1.54) is 31.2 Å². The lowest BCUT2D eigenvalue weighted by Gasteiger charge is -2.12. The van der Waals surface area contributed by atoms with Crippen LogP contribution in [-0.4, -0.2) is 81.4 Å². The molecule has 0 spiro atoms. The van der Waals surface area contributed by atoms with Crippen molar-refractivity contribution in [2.24, 2.45) is 5.92 Å². The van der Waals surface area contributed by atoms with E-state index < -0.39 is 35.8 Å².